The molecule has 0 spiro atoms. The highest BCUT2D eigenvalue weighted by molar-refractivity contribution is 7.89. The summed E-state index contributed by atoms with van der Waals surface area (Å²) in [5.74, 6) is -0.417. The van der Waals surface area contributed by atoms with Gasteiger partial charge in [0.15, 0.2) is 0 Å². The van der Waals surface area contributed by atoms with Crippen LogP contribution in [-0.4, -0.2) is 62.3 Å². The van der Waals surface area contributed by atoms with E-state index in [1.807, 2.05) is 0 Å². The molecule has 1 saturated heterocycles. The quantitative estimate of drug-likeness (QED) is 0.617. The molecular weight excluding hydrogens is 375 g/mol. The third-order valence-electron chi connectivity index (χ3n) is 3.86. The highest BCUT2D eigenvalue weighted by Crippen LogP contribution is 2.35. The normalized spacial score (nSPS) is 16.2. The SMILES string of the molecule is O=S(=O)(c1cnc(NCCCOCCO)c(C(F)(F)F)c1)N1CCCC1. The lowest BCUT2D eigenvalue weighted by molar-refractivity contribution is -0.137. The van der Waals surface area contributed by atoms with Crippen LogP contribution in [0, 0.1) is 0 Å². The molecule has 1 fully saturated rings. The van der Waals surface area contributed by atoms with Crippen molar-refractivity contribution in [2.24, 2.45) is 0 Å². The van der Waals surface area contributed by atoms with E-state index in [2.05, 4.69) is 10.3 Å². The maximum atomic E-state index is 13.3. The molecule has 0 radical (unpaired) electrons. The number of hydrogen-bond donors (Lipinski definition) is 2. The predicted molar refractivity (Wildman–Crippen MR) is 88.2 cm³/mol. The fourth-order valence-electron chi connectivity index (χ4n) is 2.57. The lowest BCUT2D eigenvalue weighted by Gasteiger charge is -2.18. The van der Waals surface area contributed by atoms with Gasteiger partial charge in [-0.1, -0.05) is 0 Å². The number of alkyl halides is 3. The maximum Gasteiger partial charge on any atom is 0.419 e. The second-order valence-corrected chi connectivity index (χ2v) is 7.73. The molecule has 2 heterocycles. The Morgan fingerprint density at radius 3 is 2.58 bits per heavy atom. The molecule has 0 aromatic carbocycles. The first kappa shape index (κ1) is 20.9. The molecule has 0 bridgehead atoms. The fourth-order valence-corrected chi connectivity index (χ4v) is 4.06. The largest absolute Gasteiger partial charge is 0.419 e. The number of sulfonamides is 1. The second kappa shape index (κ2) is 8.98. The molecule has 2 N–H and O–H groups in total. The van der Waals surface area contributed by atoms with Crippen LogP contribution in [0.3, 0.4) is 0 Å². The lowest BCUT2D eigenvalue weighted by atomic mass is 10.2. The minimum absolute atomic E-state index is 0.125. The highest BCUT2D eigenvalue weighted by Gasteiger charge is 2.37. The van der Waals surface area contributed by atoms with E-state index in [-0.39, 0.29) is 26.4 Å². The third-order valence-corrected chi connectivity index (χ3v) is 5.73. The van der Waals surface area contributed by atoms with E-state index in [0.29, 0.717) is 38.4 Å². The lowest BCUT2D eigenvalue weighted by Crippen LogP contribution is -2.28. The van der Waals surface area contributed by atoms with Gasteiger partial charge in [-0.2, -0.15) is 17.5 Å². The summed E-state index contributed by atoms with van der Waals surface area (Å²) in [6.07, 6.45) is -1.99. The Morgan fingerprint density at radius 1 is 1.27 bits per heavy atom. The van der Waals surface area contributed by atoms with Crippen LogP contribution in [0.2, 0.25) is 0 Å². The average Bonchev–Trinajstić information content (AvgIpc) is 3.12. The van der Waals surface area contributed by atoms with Crippen LogP contribution in [0.25, 0.3) is 0 Å². The van der Waals surface area contributed by atoms with E-state index in [0.717, 1.165) is 6.20 Å². The topological polar surface area (TPSA) is 91.8 Å². The van der Waals surface area contributed by atoms with Crippen molar-refractivity contribution in [1.82, 2.24) is 9.29 Å². The van der Waals surface area contributed by atoms with Gasteiger partial charge in [-0.25, -0.2) is 13.4 Å². The maximum absolute atomic E-state index is 13.3. The molecular formula is C15H22F3N3O4S. The van der Waals surface area contributed by atoms with Crippen LogP contribution < -0.4 is 5.32 Å². The predicted octanol–water partition coefficient (Wildman–Crippen LogP) is 1.70. The van der Waals surface area contributed by atoms with Gasteiger partial charge in [0.2, 0.25) is 10.0 Å². The number of halogens is 3. The van der Waals surface area contributed by atoms with Crippen LogP contribution >= 0.6 is 0 Å². The Bertz CT molecular complexity index is 692. The Labute approximate surface area is 150 Å². The van der Waals surface area contributed by atoms with Gasteiger partial charge in [0, 0.05) is 32.4 Å². The number of aromatic nitrogens is 1. The van der Waals surface area contributed by atoms with Crippen LogP contribution in [0.5, 0.6) is 0 Å². The molecule has 0 amide bonds. The van der Waals surface area contributed by atoms with Crippen LogP contribution in [0.4, 0.5) is 19.0 Å². The number of hydrogen-bond acceptors (Lipinski definition) is 6. The smallest absolute Gasteiger partial charge is 0.394 e. The van der Waals surface area contributed by atoms with E-state index in [1.54, 1.807) is 0 Å². The van der Waals surface area contributed by atoms with Gasteiger partial charge < -0.3 is 15.2 Å². The van der Waals surface area contributed by atoms with Crippen molar-refractivity contribution in [2.75, 3.05) is 44.8 Å². The Hall–Kier alpha value is -1.43. The fraction of sp³-hybridized carbons (Fsp3) is 0.667. The van der Waals surface area contributed by atoms with Gasteiger partial charge in [-0.15, -0.1) is 0 Å². The van der Waals surface area contributed by atoms with E-state index < -0.39 is 32.5 Å². The molecule has 1 aliphatic heterocycles. The number of rotatable bonds is 9. The number of pyridine rings is 1. The van der Waals surface area contributed by atoms with E-state index >= 15 is 0 Å². The zero-order valence-electron chi connectivity index (χ0n) is 14.1. The van der Waals surface area contributed by atoms with Gasteiger partial charge in [0.05, 0.1) is 18.8 Å². The minimum Gasteiger partial charge on any atom is -0.394 e. The number of nitrogens with one attached hydrogen (secondary N) is 1. The van der Waals surface area contributed by atoms with E-state index in [9.17, 15) is 21.6 Å². The molecule has 7 nitrogen and oxygen atoms in total. The summed E-state index contributed by atoms with van der Waals surface area (Å²) in [7, 11) is -3.97. The first-order valence-electron chi connectivity index (χ1n) is 8.26. The van der Waals surface area contributed by atoms with Crippen molar-refractivity contribution >= 4 is 15.8 Å². The average molecular weight is 397 g/mol. The summed E-state index contributed by atoms with van der Waals surface area (Å²) in [6.45, 7) is 1.08. The van der Waals surface area contributed by atoms with Crippen LogP contribution in [0.1, 0.15) is 24.8 Å². The third kappa shape index (κ3) is 5.29. The Balaban J connectivity index is 2.14. The summed E-state index contributed by atoms with van der Waals surface area (Å²) >= 11 is 0. The van der Waals surface area contributed by atoms with Crippen molar-refractivity contribution in [2.45, 2.75) is 30.3 Å². The number of aliphatic hydroxyl groups is 1. The molecule has 0 aliphatic carbocycles. The number of ether oxygens (including phenoxy) is 1. The van der Waals surface area contributed by atoms with Crippen molar-refractivity contribution < 1.29 is 31.4 Å². The molecule has 2 rings (SSSR count). The zero-order chi connectivity index (χ0) is 19.2. The summed E-state index contributed by atoms with van der Waals surface area (Å²) < 4.78 is 71.1. The Kier molecular flexibility index (Phi) is 7.21. The molecule has 0 atom stereocenters. The zero-order valence-corrected chi connectivity index (χ0v) is 14.9. The monoisotopic (exact) mass is 397 g/mol. The van der Waals surface area contributed by atoms with Gasteiger partial charge in [0.1, 0.15) is 10.7 Å². The summed E-state index contributed by atoms with van der Waals surface area (Å²) in [6, 6.07) is 0.630. The summed E-state index contributed by atoms with van der Waals surface area (Å²) in [4.78, 5) is 3.24. The molecule has 0 unspecified atom stereocenters. The van der Waals surface area contributed by atoms with Crippen molar-refractivity contribution in [1.29, 1.82) is 0 Å². The number of nitrogens with zero attached hydrogens (tertiary/aromatic N) is 2. The Morgan fingerprint density at radius 2 is 1.96 bits per heavy atom. The molecule has 11 heteroatoms. The number of anilines is 1. The first-order chi connectivity index (χ1) is 12.3. The minimum atomic E-state index is -4.74. The first-order valence-corrected chi connectivity index (χ1v) is 9.70. The van der Waals surface area contributed by atoms with E-state index in [4.69, 9.17) is 9.84 Å². The van der Waals surface area contributed by atoms with Crippen molar-refractivity contribution in [3.63, 3.8) is 0 Å². The molecule has 1 aromatic heterocycles. The van der Waals surface area contributed by atoms with Crippen LogP contribution in [0.15, 0.2) is 17.2 Å². The second-order valence-electron chi connectivity index (χ2n) is 5.79. The summed E-state index contributed by atoms with van der Waals surface area (Å²) in [5, 5.41) is 11.1. The van der Waals surface area contributed by atoms with Gasteiger partial charge in [-0.05, 0) is 25.3 Å². The molecule has 0 saturated carbocycles. The highest BCUT2D eigenvalue weighted by atomic mass is 32.2. The van der Waals surface area contributed by atoms with Crippen molar-refractivity contribution in [3.8, 4) is 0 Å². The van der Waals surface area contributed by atoms with E-state index in [1.165, 1.54) is 4.31 Å². The molecule has 148 valence electrons. The van der Waals surface area contributed by atoms with Gasteiger partial charge in [0.25, 0.3) is 0 Å². The summed E-state index contributed by atoms with van der Waals surface area (Å²) in [5.41, 5.74) is -1.12. The molecule has 26 heavy (non-hydrogen) atoms. The molecule has 1 aliphatic rings. The number of aliphatic hydroxyl groups excluding tert-OH is 1. The standard InChI is InChI=1S/C15H22F3N3O4S/c16-15(17,18)13-10-12(26(23,24)21-5-1-2-6-21)11-20-14(13)19-4-3-8-25-9-7-22/h10-11,22H,1-9H2,(H,19,20). The van der Waals surface area contributed by atoms with Crippen LogP contribution in [-0.2, 0) is 20.9 Å². The van der Waals surface area contributed by atoms with Crippen molar-refractivity contribution in [3.05, 3.63) is 17.8 Å². The molecule has 1 aromatic rings. The van der Waals surface area contributed by atoms with Gasteiger partial charge in [-0.3, -0.25) is 0 Å². The van der Waals surface area contributed by atoms with Gasteiger partial charge >= 0.3 is 6.18 Å².